The minimum atomic E-state index is 0. The van der Waals surface area contributed by atoms with Crippen LogP contribution in [0.15, 0.2) is 0 Å². The monoisotopic (exact) mass is 157 g/mol. The molecule has 1 fully saturated rings. The summed E-state index contributed by atoms with van der Waals surface area (Å²) < 4.78 is 0. The van der Waals surface area contributed by atoms with Gasteiger partial charge in [-0.25, -0.2) is 0 Å². The molecule has 0 spiro atoms. The van der Waals surface area contributed by atoms with E-state index in [9.17, 15) is 0 Å². The van der Waals surface area contributed by atoms with E-state index < -0.39 is 0 Å². The maximum atomic E-state index is 2.58. The van der Waals surface area contributed by atoms with Gasteiger partial charge in [-0.05, 0) is 44.8 Å². The summed E-state index contributed by atoms with van der Waals surface area (Å²) in [4.78, 5) is 2.58. The van der Waals surface area contributed by atoms with E-state index >= 15 is 0 Å². The summed E-state index contributed by atoms with van der Waals surface area (Å²) in [5.74, 6) is 0.876. The Labute approximate surface area is 71.8 Å². The number of rotatable bonds is 3. The SMILES string of the molecule is C.CC(C)CCN1CCCC1. The summed E-state index contributed by atoms with van der Waals surface area (Å²) in [6.07, 6.45) is 4.23. The highest BCUT2D eigenvalue weighted by molar-refractivity contribution is 4.65. The third kappa shape index (κ3) is 4.41. The molecule has 0 aromatic rings. The summed E-state index contributed by atoms with van der Waals surface area (Å²) in [6.45, 7) is 8.64. The first kappa shape index (κ1) is 11.0. The van der Waals surface area contributed by atoms with Gasteiger partial charge in [-0.2, -0.15) is 0 Å². The molecule has 0 N–H and O–H groups in total. The molecule has 68 valence electrons. The molecule has 1 heteroatoms. The molecule has 1 rings (SSSR count). The zero-order chi connectivity index (χ0) is 7.40. The van der Waals surface area contributed by atoms with Gasteiger partial charge in [-0.1, -0.05) is 21.3 Å². The predicted octanol–water partition coefficient (Wildman–Crippen LogP) is 2.76. The molecule has 0 aliphatic carbocycles. The van der Waals surface area contributed by atoms with Crippen molar-refractivity contribution < 1.29 is 0 Å². The van der Waals surface area contributed by atoms with E-state index in [0.717, 1.165) is 5.92 Å². The van der Waals surface area contributed by atoms with Crippen LogP contribution in [0.5, 0.6) is 0 Å². The lowest BCUT2D eigenvalue weighted by Gasteiger charge is -2.15. The molecule has 1 aliphatic rings. The minimum Gasteiger partial charge on any atom is -0.303 e. The highest BCUT2D eigenvalue weighted by Crippen LogP contribution is 2.09. The molecule has 1 aliphatic heterocycles. The first-order valence-electron chi connectivity index (χ1n) is 4.51. The Kier molecular flexibility index (Phi) is 5.57. The van der Waals surface area contributed by atoms with Crippen LogP contribution in [0.1, 0.15) is 40.5 Å². The van der Waals surface area contributed by atoms with Crippen molar-refractivity contribution in [3.05, 3.63) is 0 Å². The van der Waals surface area contributed by atoms with Gasteiger partial charge in [0.2, 0.25) is 0 Å². The molecule has 0 bridgehead atoms. The largest absolute Gasteiger partial charge is 0.303 e. The van der Waals surface area contributed by atoms with Crippen molar-refractivity contribution in [1.82, 2.24) is 4.90 Å². The Morgan fingerprint density at radius 3 is 2.18 bits per heavy atom. The highest BCUT2D eigenvalue weighted by Gasteiger charge is 2.10. The number of likely N-dealkylation sites (tertiary alicyclic amines) is 1. The highest BCUT2D eigenvalue weighted by atomic mass is 15.1. The maximum Gasteiger partial charge on any atom is -0.00163 e. The van der Waals surface area contributed by atoms with Gasteiger partial charge in [-0.15, -0.1) is 0 Å². The lowest BCUT2D eigenvalue weighted by Crippen LogP contribution is -2.21. The molecule has 0 radical (unpaired) electrons. The zero-order valence-corrected chi connectivity index (χ0v) is 7.27. The van der Waals surface area contributed by atoms with Crippen LogP contribution in [-0.4, -0.2) is 24.5 Å². The van der Waals surface area contributed by atoms with Crippen molar-refractivity contribution in [1.29, 1.82) is 0 Å². The average Bonchev–Trinajstić information content (AvgIpc) is 2.34. The number of nitrogens with zero attached hydrogens (tertiary/aromatic N) is 1. The van der Waals surface area contributed by atoms with Crippen molar-refractivity contribution in [3.63, 3.8) is 0 Å². The number of hydrogen-bond donors (Lipinski definition) is 0. The van der Waals surface area contributed by atoms with E-state index in [1.54, 1.807) is 0 Å². The average molecular weight is 157 g/mol. The van der Waals surface area contributed by atoms with E-state index in [1.807, 2.05) is 0 Å². The Hall–Kier alpha value is -0.0400. The third-order valence-electron chi connectivity index (χ3n) is 2.22. The van der Waals surface area contributed by atoms with Crippen molar-refractivity contribution in [2.24, 2.45) is 5.92 Å². The quantitative estimate of drug-likeness (QED) is 0.609. The molecule has 1 heterocycles. The molecule has 1 saturated heterocycles. The van der Waals surface area contributed by atoms with Crippen LogP contribution >= 0.6 is 0 Å². The Morgan fingerprint density at radius 1 is 1.18 bits per heavy atom. The van der Waals surface area contributed by atoms with Crippen LogP contribution in [0.4, 0.5) is 0 Å². The first-order valence-corrected chi connectivity index (χ1v) is 4.51. The van der Waals surface area contributed by atoms with Gasteiger partial charge in [0, 0.05) is 0 Å². The third-order valence-corrected chi connectivity index (χ3v) is 2.22. The molecule has 0 amide bonds. The topological polar surface area (TPSA) is 3.24 Å². The van der Waals surface area contributed by atoms with Gasteiger partial charge in [0.05, 0.1) is 0 Å². The van der Waals surface area contributed by atoms with Gasteiger partial charge in [0.1, 0.15) is 0 Å². The fourth-order valence-corrected chi connectivity index (χ4v) is 1.45. The molecule has 0 aromatic heterocycles. The van der Waals surface area contributed by atoms with Crippen molar-refractivity contribution in [3.8, 4) is 0 Å². The maximum absolute atomic E-state index is 2.58. The van der Waals surface area contributed by atoms with Crippen LogP contribution in [0.25, 0.3) is 0 Å². The van der Waals surface area contributed by atoms with Gasteiger partial charge >= 0.3 is 0 Å². The van der Waals surface area contributed by atoms with E-state index in [2.05, 4.69) is 18.7 Å². The van der Waals surface area contributed by atoms with E-state index in [4.69, 9.17) is 0 Å². The Bertz CT molecular complexity index is 82.9. The molecule has 0 unspecified atom stereocenters. The normalized spacial score (nSPS) is 18.8. The van der Waals surface area contributed by atoms with Crippen molar-refractivity contribution >= 4 is 0 Å². The fraction of sp³-hybridized carbons (Fsp3) is 1.00. The van der Waals surface area contributed by atoms with Crippen LogP contribution in [0.3, 0.4) is 0 Å². The van der Waals surface area contributed by atoms with E-state index in [0.29, 0.717) is 0 Å². The molecule has 0 saturated carbocycles. The Morgan fingerprint density at radius 2 is 1.73 bits per heavy atom. The summed E-state index contributed by atoms with van der Waals surface area (Å²) >= 11 is 0. The van der Waals surface area contributed by atoms with E-state index in [-0.39, 0.29) is 7.43 Å². The van der Waals surface area contributed by atoms with Crippen LogP contribution in [-0.2, 0) is 0 Å². The molecular formula is C10H23N. The smallest absolute Gasteiger partial charge is 0.00163 e. The van der Waals surface area contributed by atoms with Gasteiger partial charge < -0.3 is 4.90 Å². The van der Waals surface area contributed by atoms with Gasteiger partial charge in [0.15, 0.2) is 0 Å². The predicted molar refractivity (Wildman–Crippen MR) is 51.9 cm³/mol. The molecule has 1 nitrogen and oxygen atoms in total. The van der Waals surface area contributed by atoms with Gasteiger partial charge in [0.25, 0.3) is 0 Å². The zero-order valence-electron chi connectivity index (χ0n) is 7.27. The molecule has 0 atom stereocenters. The Balaban J connectivity index is 0.000001000. The van der Waals surface area contributed by atoms with Crippen LogP contribution in [0.2, 0.25) is 0 Å². The number of hydrogen-bond acceptors (Lipinski definition) is 1. The summed E-state index contributed by atoms with van der Waals surface area (Å²) in [6, 6.07) is 0. The molecular weight excluding hydrogens is 134 g/mol. The second-order valence-corrected chi connectivity index (χ2v) is 3.73. The summed E-state index contributed by atoms with van der Waals surface area (Å²) in [5, 5.41) is 0. The lowest BCUT2D eigenvalue weighted by atomic mass is 10.1. The van der Waals surface area contributed by atoms with Crippen LogP contribution in [0, 0.1) is 5.92 Å². The second kappa shape index (κ2) is 5.59. The second-order valence-electron chi connectivity index (χ2n) is 3.73. The fourth-order valence-electron chi connectivity index (χ4n) is 1.45. The summed E-state index contributed by atoms with van der Waals surface area (Å²) in [7, 11) is 0. The van der Waals surface area contributed by atoms with Crippen molar-refractivity contribution in [2.45, 2.75) is 40.5 Å². The first-order chi connectivity index (χ1) is 4.79. The van der Waals surface area contributed by atoms with E-state index in [1.165, 1.54) is 38.9 Å². The molecule has 0 aromatic carbocycles. The van der Waals surface area contributed by atoms with Gasteiger partial charge in [-0.3, -0.25) is 0 Å². The van der Waals surface area contributed by atoms with Crippen LogP contribution < -0.4 is 0 Å². The lowest BCUT2D eigenvalue weighted by molar-refractivity contribution is 0.314. The van der Waals surface area contributed by atoms with Crippen molar-refractivity contribution in [2.75, 3.05) is 19.6 Å². The summed E-state index contributed by atoms with van der Waals surface area (Å²) in [5.41, 5.74) is 0. The minimum absolute atomic E-state index is 0. The standard InChI is InChI=1S/C9H19N.CH4/c1-9(2)5-8-10-6-3-4-7-10;/h9H,3-8H2,1-2H3;1H4. The molecule has 11 heavy (non-hydrogen) atoms.